The van der Waals surface area contributed by atoms with Crippen LogP contribution in [-0.4, -0.2) is 14.7 Å². The Morgan fingerprint density at radius 2 is 2.60 bits per heavy atom. The predicted octanol–water partition coefficient (Wildman–Crippen LogP) is 1.12. The Balaban J connectivity index is 2.88. The molecule has 10 heavy (non-hydrogen) atoms. The van der Waals surface area contributed by atoms with Crippen LogP contribution in [0.1, 0.15) is 0 Å². The molecule has 0 amide bonds. The first-order valence-electron chi connectivity index (χ1n) is 2.81. The molecule has 2 heterocycles. The molecule has 0 aliphatic rings. The van der Waals surface area contributed by atoms with Gasteiger partial charge in [-0.3, -0.25) is 0 Å². The second kappa shape index (κ2) is 1.70. The summed E-state index contributed by atoms with van der Waals surface area (Å²) in [6, 6.07) is 0. The van der Waals surface area contributed by atoms with Crippen molar-refractivity contribution in [3.63, 3.8) is 0 Å². The van der Waals surface area contributed by atoms with Crippen LogP contribution in [-0.2, 0) is 0 Å². The third kappa shape index (κ3) is 0.500. The van der Waals surface area contributed by atoms with E-state index in [0.29, 0.717) is 5.65 Å². The number of fused-ring (bicyclic) bond motifs is 1. The normalized spacial score (nSPS) is 10.4. The topological polar surface area (TPSA) is 43.9 Å². The molecule has 0 bridgehead atoms. The first-order valence-corrected chi connectivity index (χ1v) is 2.81. The van der Waals surface area contributed by atoms with Crippen molar-refractivity contribution in [1.29, 1.82) is 0 Å². The Hall–Kier alpha value is -1.58. The van der Waals surface area contributed by atoms with E-state index in [4.69, 9.17) is 0 Å². The SMILES string of the molecule is C=Cn1cnc2nocc21. The van der Waals surface area contributed by atoms with Gasteiger partial charge >= 0.3 is 0 Å². The van der Waals surface area contributed by atoms with E-state index >= 15 is 0 Å². The molecular weight excluding hydrogens is 130 g/mol. The third-order valence-electron chi connectivity index (χ3n) is 1.31. The summed E-state index contributed by atoms with van der Waals surface area (Å²) >= 11 is 0. The molecule has 0 fully saturated rings. The zero-order valence-electron chi connectivity index (χ0n) is 5.19. The van der Waals surface area contributed by atoms with E-state index in [1.54, 1.807) is 17.1 Å². The second-order valence-electron chi connectivity index (χ2n) is 1.86. The van der Waals surface area contributed by atoms with Gasteiger partial charge < -0.3 is 9.09 Å². The van der Waals surface area contributed by atoms with Crippen molar-refractivity contribution in [2.45, 2.75) is 0 Å². The van der Waals surface area contributed by atoms with Gasteiger partial charge in [0.1, 0.15) is 18.1 Å². The lowest BCUT2D eigenvalue weighted by molar-refractivity contribution is 0.425. The Kier molecular flexibility index (Phi) is 0.887. The van der Waals surface area contributed by atoms with E-state index in [-0.39, 0.29) is 0 Å². The average Bonchev–Trinajstić information content (AvgIpc) is 2.44. The van der Waals surface area contributed by atoms with Crippen LogP contribution in [0.2, 0.25) is 0 Å². The van der Waals surface area contributed by atoms with Crippen molar-refractivity contribution < 1.29 is 4.52 Å². The lowest BCUT2D eigenvalue weighted by Gasteiger charge is -1.84. The van der Waals surface area contributed by atoms with E-state index in [9.17, 15) is 0 Å². The van der Waals surface area contributed by atoms with Crippen LogP contribution in [0, 0.1) is 0 Å². The Morgan fingerprint density at radius 3 is 3.40 bits per heavy atom. The van der Waals surface area contributed by atoms with Crippen molar-refractivity contribution in [1.82, 2.24) is 14.7 Å². The maximum absolute atomic E-state index is 4.67. The lowest BCUT2D eigenvalue weighted by Crippen LogP contribution is -1.77. The van der Waals surface area contributed by atoms with E-state index in [1.807, 2.05) is 0 Å². The van der Waals surface area contributed by atoms with Crippen molar-refractivity contribution in [3.8, 4) is 0 Å². The zero-order valence-corrected chi connectivity index (χ0v) is 5.19. The maximum Gasteiger partial charge on any atom is 0.220 e. The van der Waals surface area contributed by atoms with Gasteiger partial charge in [-0.2, -0.15) is 0 Å². The molecule has 0 atom stereocenters. The fraction of sp³-hybridized carbons (Fsp3) is 0. The van der Waals surface area contributed by atoms with Gasteiger partial charge in [-0.15, -0.1) is 0 Å². The highest BCUT2D eigenvalue weighted by atomic mass is 16.5. The summed E-state index contributed by atoms with van der Waals surface area (Å²) < 4.78 is 6.41. The molecule has 0 aliphatic carbocycles. The Morgan fingerprint density at radius 1 is 1.70 bits per heavy atom. The summed E-state index contributed by atoms with van der Waals surface area (Å²) in [4.78, 5) is 3.94. The third-order valence-corrected chi connectivity index (χ3v) is 1.31. The standard InChI is InChI=1S/C6H5N3O/c1-2-9-4-7-6-5(9)3-10-8-6/h2-4H,1H2. The molecule has 0 radical (unpaired) electrons. The van der Waals surface area contributed by atoms with Crippen LogP contribution in [0.25, 0.3) is 17.4 Å². The Bertz CT molecular complexity index is 360. The molecule has 2 aromatic rings. The van der Waals surface area contributed by atoms with E-state index in [0.717, 1.165) is 5.52 Å². The Labute approximate surface area is 56.8 Å². The van der Waals surface area contributed by atoms with Crippen LogP contribution in [0.15, 0.2) is 23.7 Å². The monoisotopic (exact) mass is 135 g/mol. The minimum Gasteiger partial charge on any atom is -0.360 e. The predicted molar refractivity (Wildman–Crippen MR) is 36.2 cm³/mol. The van der Waals surface area contributed by atoms with Crippen molar-refractivity contribution in [3.05, 3.63) is 19.2 Å². The first-order chi connectivity index (χ1) is 4.92. The number of hydrogen-bond acceptors (Lipinski definition) is 3. The maximum atomic E-state index is 4.67. The van der Waals surface area contributed by atoms with Crippen LogP contribution in [0.5, 0.6) is 0 Å². The smallest absolute Gasteiger partial charge is 0.220 e. The average molecular weight is 135 g/mol. The number of aromatic nitrogens is 3. The summed E-state index contributed by atoms with van der Waals surface area (Å²) in [7, 11) is 0. The van der Waals surface area contributed by atoms with Crippen molar-refractivity contribution in [2.24, 2.45) is 0 Å². The summed E-state index contributed by atoms with van der Waals surface area (Å²) in [5, 5.41) is 3.63. The number of imidazole rings is 1. The van der Waals surface area contributed by atoms with Crippen LogP contribution >= 0.6 is 0 Å². The summed E-state index contributed by atoms with van der Waals surface area (Å²) in [6.07, 6.45) is 4.82. The molecule has 50 valence electrons. The number of rotatable bonds is 1. The minimum atomic E-state index is 0.611. The molecule has 0 saturated heterocycles. The quantitative estimate of drug-likeness (QED) is 0.588. The molecule has 0 unspecified atom stereocenters. The van der Waals surface area contributed by atoms with E-state index in [1.165, 1.54) is 6.26 Å². The van der Waals surface area contributed by atoms with Crippen molar-refractivity contribution in [2.75, 3.05) is 0 Å². The fourth-order valence-electron chi connectivity index (χ4n) is 0.816. The van der Waals surface area contributed by atoms with Crippen LogP contribution in [0.3, 0.4) is 0 Å². The van der Waals surface area contributed by atoms with Crippen LogP contribution in [0.4, 0.5) is 0 Å². The summed E-state index contributed by atoms with van der Waals surface area (Å²) in [6.45, 7) is 3.59. The van der Waals surface area contributed by atoms with Gasteiger partial charge in [0.25, 0.3) is 0 Å². The molecule has 4 heteroatoms. The van der Waals surface area contributed by atoms with Gasteiger partial charge in [0.15, 0.2) is 0 Å². The molecule has 2 aromatic heterocycles. The molecular formula is C6H5N3O. The summed E-state index contributed by atoms with van der Waals surface area (Å²) in [5.74, 6) is 0. The fourth-order valence-corrected chi connectivity index (χ4v) is 0.816. The number of nitrogens with zero attached hydrogens (tertiary/aromatic N) is 3. The second-order valence-corrected chi connectivity index (χ2v) is 1.86. The number of hydrogen-bond donors (Lipinski definition) is 0. The largest absolute Gasteiger partial charge is 0.360 e. The molecule has 0 spiro atoms. The molecule has 4 nitrogen and oxygen atoms in total. The lowest BCUT2D eigenvalue weighted by atomic mass is 10.6. The molecule has 0 N–H and O–H groups in total. The molecule has 0 saturated carbocycles. The first kappa shape index (κ1) is 5.22. The van der Waals surface area contributed by atoms with Gasteiger partial charge in [-0.25, -0.2) is 4.98 Å². The minimum absolute atomic E-state index is 0.611. The van der Waals surface area contributed by atoms with E-state index < -0.39 is 0 Å². The van der Waals surface area contributed by atoms with Crippen molar-refractivity contribution >= 4 is 17.4 Å². The van der Waals surface area contributed by atoms with Crippen LogP contribution < -0.4 is 0 Å². The summed E-state index contributed by atoms with van der Waals surface area (Å²) in [5.41, 5.74) is 1.45. The molecule has 0 aromatic carbocycles. The van der Waals surface area contributed by atoms with Gasteiger partial charge in [-0.1, -0.05) is 11.7 Å². The van der Waals surface area contributed by atoms with Gasteiger partial charge in [0.05, 0.1) is 0 Å². The highest BCUT2D eigenvalue weighted by molar-refractivity contribution is 5.71. The van der Waals surface area contributed by atoms with Gasteiger partial charge in [-0.05, 0) is 0 Å². The molecule has 0 aliphatic heterocycles. The highest BCUT2D eigenvalue weighted by Crippen LogP contribution is 2.09. The highest BCUT2D eigenvalue weighted by Gasteiger charge is 2.01. The van der Waals surface area contributed by atoms with E-state index in [2.05, 4.69) is 21.2 Å². The van der Waals surface area contributed by atoms with Gasteiger partial charge in [0, 0.05) is 6.20 Å². The molecule has 2 rings (SSSR count). The zero-order chi connectivity index (χ0) is 6.97. The van der Waals surface area contributed by atoms with Gasteiger partial charge in [0.2, 0.25) is 5.65 Å².